The molecule has 13 heteroatoms. The summed E-state index contributed by atoms with van der Waals surface area (Å²) in [5.74, 6) is 0.139. The first kappa shape index (κ1) is 25.6. The molecule has 0 radical (unpaired) electrons. The SMILES string of the molecule is COC[C@@H]1C[C@]1(C)NS(=O)(=O)c1cc(N2C[C@H](C)N[C@@H](C)C2)c2cnn(-c3nnc(C4(C#N)CC4)s3)c2c1. The summed E-state index contributed by atoms with van der Waals surface area (Å²) in [5, 5.41) is 28.4. The normalized spacial score (nSPS) is 28.4. The van der Waals surface area contributed by atoms with Crippen molar-refractivity contribution in [3.63, 3.8) is 0 Å². The lowest BCUT2D eigenvalue weighted by Gasteiger charge is -2.38. The number of nitrogens with one attached hydrogen (secondary N) is 2. The summed E-state index contributed by atoms with van der Waals surface area (Å²) in [6, 6.07) is 6.28. The predicted octanol–water partition coefficient (Wildman–Crippen LogP) is 2.32. The molecule has 11 nitrogen and oxygen atoms in total. The first-order chi connectivity index (χ1) is 18.1. The second kappa shape index (κ2) is 8.96. The van der Waals surface area contributed by atoms with Gasteiger partial charge in [0, 0.05) is 54.8 Å². The summed E-state index contributed by atoms with van der Waals surface area (Å²) in [6.07, 6.45) is 4.05. The van der Waals surface area contributed by atoms with Gasteiger partial charge in [0.05, 0.1) is 29.3 Å². The van der Waals surface area contributed by atoms with Crippen molar-refractivity contribution in [2.45, 2.75) is 68.0 Å². The van der Waals surface area contributed by atoms with Gasteiger partial charge in [-0.2, -0.15) is 10.4 Å². The maximum Gasteiger partial charge on any atom is 0.241 e. The van der Waals surface area contributed by atoms with Crippen LogP contribution in [-0.4, -0.2) is 72.8 Å². The number of sulfonamides is 1. The minimum Gasteiger partial charge on any atom is -0.384 e. The van der Waals surface area contributed by atoms with Gasteiger partial charge in [0.2, 0.25) is 15.2 Å². The lowest BCUT2D eigenvalue weighted by atomic mass is 10.1. The molecule has 202 valence electrons. The van der Waals surface area contributed by atoms with Crippen molar-refractivity contribution in [3.8, 4) is 11.2 Å². The van der Waals surface area contributed by atoms with Gasteiger partial charge in [-0.25, -0.2) is 17.8 Å². The van der Waals surface area contributed by atoms with Crippen molar-refractivity contribution in [2.24, 2.45) is 5.92 Å². The molecule has 3 aromatic rings. The summed E-state index contributed by atoms with van der Waals surface area (Å²) in [5.41, 5.74) is 0.380. The number of hydrogen-bond donors (Lipinski definition) is 2. The molecule has 6 rings (SSSR count). The molecule has 38 heavy (non-hydrogen) atoms. The molecule has 0 spiro atoms. The van der Waals surface area contributed by atoms with Gasteiger partial charge in [0.1, 0.15) is 10.4 Å². The van der Waals surface area contributed by atoms with Crippen molar-refractivity contribution in [1.29, 1.82) is 5.26 Å². The van der Waals surface area contributed by atoms with Crippen molar-refractivity contribution in [3.05, 3.63) is 23.3 Å². The van der Waals surface area contributed by atoms with Gasteiger partial charge in [0.25, 0.3) is 0 Å². The Morgan fingerprint density at radius 2 is 2.00 bits per heavy atom. The topological polar surface area (TPSA) is 138 Å². The van der Waals surface area contributed by atoms with Gasteiger partial charge in [-0.15, -0.1) is 10.2 Å². The van der Waals surface area contributed by atoms with Crippen LogP contribution in [0, 0.1) is 17.2 Å². The molecule has 1 aromatic carbocycles. The highest BCUT2D eigenvalue weighted by atomic mass is 32.2. The zero-order valence-electron chi connectivity index (χ0n) is 21.9. The Hall–Kier alpha value is -2.63. The lowest BCUT2D eigenvalue weighted by molar-refractivity contribution is 0.178. The van der Waals surface area contributed by atoms with Crippen LogP contribution in [0.25, 0.3) is 16.0 Å². The Kier molecular flexibility index (Phi) is 6.04. The van der Waals surface area contributed by atoms with Gasteiger partial charge in [-0.05, 0) is 52.2 Å². The van der Waals surface area contributed by atoms with E-state index in [9.17, 15) is 13.7 Å². The third-order valence-electron chi connectivity index (χ3n) is 7.96. The number of fused-ring (bicyclic) bond motifs is 1. The van der Waals surface area contributed by atoms with Gasteiger partial charge < -0.3 is 15.0 Å². The third kappa shape index (κ3) is 4.38. The third-order valence-corrected chi connectivity index (χ3v) is 10.7. The largest absolute Gasteiger partial charge is 0.384 e. The molecule has 2 saturated carbocycles. The van der Waals surface area contributed by atoms with E-state index in [1.54, 1.807) is 30.1 Å². The minimum absolute atomic E-state index is 0.139. The van der Waals surface area contributed by atoms with Crippen molar-refractivity contribution >= 4 is 38.0 Å². The lowest BCUT2D eigenvalue weighted by Crippen LogP contribution is -2.54. The van der Waals surface area contributed by atoms with Gasteiger partial charge in [-0.3, -0.25) is 0 Å². The number of aromatic nitrogens is 4. The number of ether oxygens (including phenoxy) is 1. The van der Waals surface area contributed by atoms with E-state index in [1.807, 2.05) is 6.92 Å². The maximum absolute atomic E-state index is 13.7. The van der Waals surface area contributed by atoms with Crippen LogP contribution in [-0.2, 0) is 20.2 Å². The Morgan fingerprint density at radius 1 is 1.26 bits per heavy atom. The smallest absolute Gasteiger partial charge is 0.241 e. The molecular weight excluding hydrogens is 524 g/mol. The van der Waals surface area contributed by atoms with Crippen LogP contribution in [0.15, 0.2) is 23.2 Å². The Morgan fingerprint density at radius 3 is 2.66 bits per heavy atom. The van der Waals surface area contributed by atoms with Crippen molar-refractivity contribution in [2.75, 3.05) is 31.7 Å². The molecular formula is C25H32N8O3S2. The summed E-state index contributed by atoms with van der Waals surface area (Å²) in [4.78, 5) is 2.41. The number of anilines is 1. The minimum atomic E-state index is -3.84. The van der Waals surface area contributed by atoms with E-state index in [0.717, 1.165) is 43.4 Å². The average molecular weight is 557 g/mol. The molecule has 0 unspecified atom stereocenters. The predicted molar refractivity (Wildman–Crippen MR) is 144 cm³/mol. The second-order valence-electron chi connectivity index (χ2n) is 11.3. The first-order valence-electron chi connectivity index (χ1n) is 12.9. The van der Waals surface area contributed by atoms with E-state index in [-0.39, 0.29) is 22.9 Å². The molecule has 3 fully saturated rings. The fraction of sp³-hybridized carbons (Fsp3) is 0.600. The first-order valence-corrected chi connectivity index (χ1v) is 15.2. The molecule has 3 aliphatic rings. The Labute approximate surface area is 226 Å². The molecule has 3 heterocycles. The van der Waals surface area contributed by atoms with E-state index in [2.05, 4.69) is 50.2 Å². The van der Waals surface area contributed by atoms with Crippen LogP contribution in [0.5, 0.6) is 0 Å². The zero-order chi connectivity index (χ0) is 26.9. The van der Waals surface area contributed by atoms with Crippen LogP contribution >= 0.6 is 11.3 Å². The number of benzene rings is 1. The standard InChI is InChI=1S/C25H32N8O3S2/c1-15-11-32(12-16(2)28-15)20-7-18(38(34,35)31-24(3)9-17(24)13-36-4)8-21-19(20)10-27-33(21)23-30-29-22(37-23)25(14-26)5-6-25/h7-8,10,15-17,28,31H,5-6,9,11-13H2,1-4H3/t15-,16-,17-,24-/m0/s1. The van der Waals surface area contributed by atoms with Gasteiger partial charge in [0.15, 0.2) is 0 Å². The highest BCUT2D eigenvalue weighted by Crippen LogP contribution is 2.49. The molecule has 4 atom stereocenters. The quantitative estimate of drug-likeness (QED) is 0.428. The van der Waals surface area contributed by atoms with Gasteiger partial charge >= 0.3 is 0 Å². The molecule has 2 N–H and O–H groups in total. The van der Waals surface area contributed by atoms with Gasteiger partial charge in [-0.1, -0.05) is 11.3 Å². The molecule has 0 amide bonds. The van der Waals surface area contributed by atoms with Crippen LogP contribution in [0.3, 0.4) is 0 Å². The summed E-state index contributed by atoms with van der Waals surface area (Å²) in [7, 11) is -2.21. The van der Waals surface area contributed by atoms with E-state index < -0.39 is 21.0 Å². The fourth-order valence-corrected chi connectivity index (χ4v) is 8.09. The molecule has 0 bridgehead atoms. The summed E-state index contributed by atoms with van der Waals surface area (Å²) < 4.78 is 37.3. The Balaban J connectivity index is 1.45. The second-order valence-corrected chi connectivity index (χ2v) is 13.9. The number of piperazine rings is 1. The number of nitrogens with zero attached hydrogens (tertiary/aromatic N) is 6. The molecule has 1 saturated heterocycles. The summed E-state index contributed by atoms with van der Waals surface area (Å²) >= 11 is 1.33. The fourth-order valence-electron chi connectivity index (χ4n) is 5.56. The van der Waals surface area contributed by atoms with Crippen LogP contribution < -0.4 is 14.9 Å². The monoisotopic (exact) mass is 556 g/mol. The zero-order valence-corrected chi connectivity index (χ0v) is 23.6. The van der Waals surface area contributed by atoms with Crippen LogP contribution in [0.4, 0.5) is 5.69 Å². The molecule has 2 aliphatic carbocycles. The highest BCUT2D eigenvalue weighted by molar-refractivity contribution is 7.89. The number of nitriles is 1. The van der Waals surface area contributed by atoms with E-state index in [4.69, 9.17) is 4.74 Å². The number of rotatable bonds is 8. The van der Waals surface area contributed by atoms with Crippen LogP contribution in [0.1, 0.15) is 45.0 Å². The van der Waals surface area contributed by atoms with E-state index >= 15 is 0 Å². The van der Waals surface area contributed by atoms with E-state index in [0.29, 0.717) is 22.3 Å². The van der Waals surface area contributed by atoms with Crippen molar-refractivity contribution in [1.82, 2.24) is 30.0 Å². The number of methoxy groups -OCH3 is 1. The van der Waals surface area contributed by atoms with Crippen LogP contribution in [0.2, 0.25) is 0 Å². The van der Waals surface area contributed by atoms with Crippen molar-refractivity contribution < 1.29 is 13.2 Å². The molecule has 2 aromatic heterocycles. The maximum atomic E-state index is 13.7. The average Bonchev–Trinajstić information content (AvgIpc) is 3.62. The Bertz CT molecular complexity index is 1530. The summed E-state index contributed by atoms with van der Waals surface area (Å²) in [6.45, 7) is 8.16. The van der Waals surface area contributed by atoms with E-state index in [1.165, 1.54) is 11.3 Å². The highest BCUT2D eigenvalue weighted by Gasteiger charge is 2.52. The molecule has 1 aliphatic heterocycles. The number of hydrogen-bond acceptors (Lipinski definition) is 10.